The van der Waals surface area contributed by atoms with Crippen molar-refractivity contribution in [1.82, 2.24) is 4.90 Å². The second kappa shape index (κ2) is 10.6. The highest BCUT2D eigenvalue weighted by Gasteiger charge is 2.36. The molecule has 0 unspecified atom stereocenters. The summed E-state index contributed by atoms with van der Waals surface area (Å²) in [6, 6.07) is 12.1. The summed E-state index contributed by atoms with van der Waals surface area (Å²) in [5.41, 5.74) is 0.808. The average molecular weight is 536 g/mol. The minimum absolute atomic E-state index is 0.0355. The van der Waals surface area contributed by atoms with Crippen LogP contribution >= 0.6 is 35.0 Å². The number of hydrogen-bond acceptors (Lipinski definition) is 7. The molecule has 2 heterocycles. The smallest absolute Gasteiger partial charge is 0.373 e. The van der Waals surface area contributed by atoms with Gasteiger partial charge in [0.2, 0.25) is 5.76 Å². The summed E-state index contributed by atoms with van der Waals surface area (Å²) in [5.74, 6) is -1.24. The maximum absolute atomic E-state index is 13.8. The summed E-state index contributed by atoms with van der Waals surface area (Å²) < 4.78 is 29.3. The number of rotatable bonds is 7. The molecule has 0 atom stereocenters. The molecule has 2 aromatic carbocycles. The van der Waals surface area contributed by atoms with Crippen molar-refractivity contribution in [3.8, 4) is 5.75 Å². The molecular weight excluding hydrogens is 520 g/mol. The van der Waals surface area contributed by atoms with Crippen LogP contribution in [0.3, 0.4) is 0 Å². The van der Waals surface area contributed by atoms with Crippen molar-refractivity contribution >= 4 is 58.2 Å². The Morgan fingerprint density at radius 3 is 2.54 bits per heavy atom. The third-order valence-electron chi connectivity index (χ3n) is 4.88. The van der Waals surface area contributed by atoms with E-state index < -0.39 is 22.9 Å². The summed E-state index contributed by atoms with van der Waals surface area (Å²) in [5, 5.41) is -0.185. The predicted octanol–water partition coefficient (Wildman–Crippen LogP) is 6.33. The lowest BCUT2D eigenvalue weighted by Crippen LogP contribution is -2.27. The number of carbonyl (C=O) groups excluding carboxylic acids is 3. The molecule has 1 aromatic heterocycles. The molecule has 0 radical (unpaired) electrons. The molecule has 1 aliphatic heterocycles. The lowest BCUT2D eigenvalue weighted by molar-refractivity contribution is -0.123. The number of hydrogen-bond donors (Lipinski definition) is 0. The first-order valence-corrected chi connectivity index (χ1v) is 11.6. The number of methoxy groups -OCH3 is 1. The third-order valence-corrected chi connectivity index (χ3v) is 6.35. The zero-order valence-electron chi connectivity index (χ0n) is 18.0. The third kappa shape index (κ3) is 5.53. The summed E-state index contributed by atoms with van der Waals surface area (Å²) in [6.45, 7) is -0.224. The van der Waals surface area contributed by atoms with E-state index in [1.54, 1.807) is 18.2 Å². The number of imide groups is 1. The van der Waals surface area contributed by atoms with E-state index in [0.29, 0.717) is 11.1 Å². The highest BCUT2D eigenvalue weighted by atomic mass is 35.5. The first kappa shape index (κ1) is 24.8. The normalized spacial score (nSPS) is 14.6. The standard InChI is InChI=1S/C24H16Cl2FNO6S/c1-32-23(30)19-7-6-15(34-19)11-28-22(29)20(35-24(28)31)10-13-8-16(25)21(17(26)9-13)33-12-14-4-2-3-5-18(14)27/h2-10H,11-12H2,1H3/b20-10+. The largest absolute Gasteiger partial charge is 0.486 e. The number of halogens is 3. The fourth-order valence-corrected chi connectivity index (χ4v) is 4.63. The van der Waals surface area contributed by atoms with Crippen molar-refractivity contribution in [2.24, 2.45) is 0 Å². The van der Waals surface area contributed by atoms with Crippen molar-refractivity contribution in [2.75, 3.05) is 7.11 Å². The van der Waals surface area contributed by atoms with Gasteiger partial charge in [0.1, 0.15) is 18.2 Å². The number of thioether (sulfide) groups is 1. The van der Waals surface area contributed by atoms with Crippen LogP contribution < -0.4 is 4.74 Å². The van der Waals surface area contributed by atoms with E-state index in [4.69, 9.17) is 32.4 Å². The minimum Gasteiger partial charge on any atom is -0.486 e. The maximum atomic E-state index is 13.8. The van der Waals surface area contributed by atoms with Crippen LogP contribution in [0.4, 0.5) is 9.18 Å². The molecule has 11 heteroatoms. The van der Waals surface area contributed by atoms with Crippen LogP contribution in [0.15, 0.2) is 57.9 Å². The van der Waals surface area contributed by atoms with E-state index in [9.17, 15) is 18.8 Å². The molecule has 35 heavy (non-hydrogen) atoms. The Bertz CT molecular complexity index is 1330. The van der Waals surface area contributed by atoms with E-state index in [1.807, 2.05) is 0 Å². The first-order valence-electron chi connectivity index (χ1n) is 10.0. The van der Waals surface area contributed by atoms with Gasteiger partial charge in [-0.3, -0.25) is 14.5 Å². The molecule has 0 spiro atoms. The van der Waals surface area contributed by atoms with Crippen molar-refractivity contribution in [3.63, 3.8) is 0 Å². The molecular formula is C24H16Cl2FNO6S. The Labute approximate surface area is 213 Å². The summed E-state index contributed by atoms with van der Waals surface area (Å²) >= 11 is 13.4. The van der Waals surface area contributed by atoms with Gasteiger partial charge in [-0.05, 0) is 53.7 Å². The van der Waals surface area contributed by atoms with Gasteiger partial charge in [-0.1, -0.05) is 41.4 Å². The van der Waals surface area contributed by atoms with Gasteiger partial charge in [-0.2, -0.15) is 0 Å². The lowest BCUT2D eigenvalue weighted by Gasteiger charge is -2.12. The maximum Gasteiger partial charge on any atom is 0.373 e. The topological polar surface area (TPSA) is 86.0 Å². The summed E-state index contributed by atoms with van der Waals surface area (Å²) in [7, 11) is 1.21. The zero-order chi connectivity index (χ0) is 25.1. The fourth-order valence-electron chi connectivity index (χ4n) is 3.18. The SMILES string of the molecule is COC(=O)c1ccc(CN2C(=O)S/C(=C/c3cc(Cl)c(OCc4ccccc4F)c(Cl)c3)C2=O)o1. The predicted molar refractivity (Wildman–Crippen MR) is 129 cm³/mol. The Morgan fingerprint density at radius 1 is 1.14 bits per heavy atom. The molecule has 0 bridgehead atoms. The number of benzene rings is 2. The Balaban J connectivity index is 1.48. The van der Waals surface area contributed by atoms with E-state index >= 15 is 0 Å². The molecule has 4 rings (SSSR count). The molecule has 1 saturated heterocycles. The molecule has 3 aromatic rings. The molecule has 1 aliphatic rings. The van der Waals surface area contributed by atoms with Crippen LogP contribution in [0.2, 0.25) is 10.0 Å². The van der Waals surface area contributed by atoms with Gasteiger partial charge in [0.25, 0.3) is 11.1 Å². The minimum atomic E-state index is -0.666. The Hall–Kier alpha value is -3.27. The molecule has 0 N–H and O–H groups in total. The monoisotopic (exact) mass is 535 g/mol. The molecule has 7 nitrogen and oxygen atoms in total. The molecule has 180 valence electrons. The van der Waals surface area contributed by atoms with E-state index in [2.05, 4.69) is 4.74 Å². The van der Waals surface area contributed by atoms with Gasteiger partial charge < -0.3 is 13.9 Å². The molecule has 0 saturated carbocycles. The first-order chi connectivity index (χ1) is 16.8. The average Bonchev–Trinajstić information content (AvgIpc) is 3.39. The van der Waals surface area contributed by atoms with Gasteiger partial charge in [0.05, 0.1) is 28.6 Å². The molecule has 0 aliphatic carbocycles. The van der Waals surface area contributed by atoms with Crippen molar-refractivity contribution in [1.29, 1.82) is 0 Å². The number of amides is 2. The highest BCUT2D eigenvalue weighted by Crippen LogP contribution is 2.38. The zero-order valence-corrected chi connectivity index (χ0v) is 20.4. The number of furan rings is 1. The Morgan fingerprint density at radius 2 is 1.86 bits per heavy atom. The second-order valence-corrected chi connectivity index (χ2v) is 9.03. The van der Waals surface area contributed by atoms with Gasteiger partial charge in [-0.15, -0.1) is 0 Å². The van der Waals surface area contributed by atoms with E-state index in [-0.39, 0.29) is 45.4 Å². The van der Waals surface area contributed by atoms with Crippen molar-refractivity contribution in [3.05, 3.63) is 91.9 Å². The quantitative estimate of drug-likeness (QED) is 0.258. The van der Waals surface area contributed by atoms with Gasteiger partial charge in [0, 0.05) is 5.56 Å². The lowest BCUT2D eigenvalue weighted by atomic mass is 10.2. The van der Waals surface area contributed by atoms with Crippen LogP contribution in [0, 0.1) is 5.82 Å². The number of ether oxygens (including phenoxy) is 2. The van der Waals surface area contributed by atoms with Crippen molar-refractivity contribution < 1.29 is 32.7 Å². The van der Waals surface area contributed by atoms with Crippen molar-refractivity contribution in [2.45, 2.75) is 13.2 Å². The number of carbonyl (C=O) groups is 3. The van der Waals surface area contributed by atoms with Crippen LogP contribution in [-0.4, -0.2) is 29.1 Å². The van der Waals surface area contributed by atoms with Crippen LogP contribution in [0.25, 0.3) is 6.08 Å². The number of esters is 1. The van der Waals surface area contributed by atoms with Gasteiger partial charge in [-0.25, -0.2) is 9.18 Å². The molecule has 2 amide bonds. The summed E-state index contributed by atoms with van der Waals surface area (Å²) in [6.07, 6.45) is 1.48. The van der Waals surface area contributed by atoms with Crippen LogP contribution in [0.1, 0.15) is 27.4 Å². The fraction of sp³-hybridized carbons (Fsp3) is 0.125. The summed E-state index contributed by atoms with van der Waals surface area (Å²) in [4.78, 5) is 37.9. The highest BCUT2D eigenvalue weighted by molar-refractivity contribution is 8.18. The second-order valence-electron chi connectivity index (χ2n) is 7.22. The number of nitrogens with zero attached hydrogens (tertiary/aromatic N) is 1. The van der Waals surface area contributed by atoms with Gasteiger partial charge in [0.15, 0.2) is 5.75 Å². The molecule has 1 fully saturated rings. The van der Waals surface area contributed by atoms with Gasteiger partial charge >= 0.3 is 5.97 Å². The van der Waals surface area contributed by atoms with Crippen LogP contribution in [0.5, 0.6) is 5.75 Å². The van der Waals surface area contributed by atoms with E-state index in [1.165, 1.54) is 43.5 Å². The van der Waals surface area contributed by atoms with Crippen LogP contribution in [-0.2, 0) is 22.7 Å². The van der Waals surface area contributed by atoms with E-state index in [0.717, 1.165) is 16.7 Å². The Kier molecular flexibility index (Phi) is 7.49.